The van der Waals surface area contributed by atoms with Gasteiger partial charge in [0.05, 0.1) is 37.0 Å². The minimum absolute atomic E-state index is 0.131. The number of carboxylic acid groups (broad SMARTS) is 1. The first kappa shape index (κ1) is 28.2. The molecule has 0 aliphatic rings. The van der Waals surface area contributed by atoms with E-state index in [0.29, 0.717) is 5.69 Å². The summed E-state index contributed by atoms with van der Waals surface area (Å²) < 4.78 is 0. The molecule has 0 saturated carbocycles. The molecular weight excluding hydrogens is 566 g/mol. The zero-order chi connectivity index (χ0) is 26.6. The van der Waals surface area contributed by atoms with Crippen LogP contribution < -0.4 is 10.6 Å². The molecule has 0 heterocycles. The van der Waals surface area contributed by atoms with Crippen molar-refractivity contribution in [3.8, 4) is 0 Å². The Balaban J connectivity index is 1.69. The second-order valence-corrected chi connectivity index (χ2v) is 10.1. The van der Waals surface area contributed by atoms with Crippen LogP contribution in [0.5, 0.6) is 0 Å². The molecule has 0 saturated heterocycles. The van der Waals surface area contributed by atoms with Crippen molar-refractivity contribution in [3.63, 3.8) is 0 Å². The summed E-state index contributed by atoms with van der Waals surface area (Å²) in [5.41, 5.74) is 2.33. The highest BCUT2D eigenvalue weighted by Gasteiger charge is 2.29. The molecule has 36 heavy (non-hydrogen) atoms. The van der Waals surface area contributed by atoms with Gasteiger partial charge in [-0.2, -0.15) is 0 Å². The van der Waals surface area contributed by atoms with Crippen LogP contribution in [0.1, 0.15) is 38.8 Å². The van der Waals surface area contributed by atoms with Gasteiger partial charge in [-0.1, -0.05) is 71.5 Å². The second-order valence-electron chi connectivity index (χ2n) is 7.59. The SMILES string of the molecule is CCc1cccc(C)c1NC(=O)CSc1ccc(NC(=O)c2c(Cl)c(Cl)c(Cl)c(Cl)c2C(=O)O)cc1. The van der Waals surface area contributed by atoms with Crippen molar-refractivity contribution < 1.29 is 19.5 Å². The zero-order valence-electron chi connectivity index (χ0n) is 19.0. The number of rotatable bonds is 8. The number of hydrogen-bond acceptors (Lipinski definition) is 4. The number of carboxylic acids is 1. The van der Waals surface area contributed by atoms with Crippen molar-refractivity contribution >= 4 is 87.3 Å². The summed E-state index contributed by atoms with van der Waals surface area (Å²) >= 11 is 25.4. The van der Waals surface area contributed by atoms with Crippen LogP contribution in [0.25, 0.3) is 0 Å². The van der Waals surface area contributed by atoms with E-state index in [9.17, 15) is 19.5 Å². The molecular formula is C25H20Cl4N2O4S. The Morgan fingerprint density at radius 1 is 0.861 bits per heavy atom. The Bertz CT molecular complexity index is 1350. The molecule has 3 N–H and O–H groups in total. The number of halogens is 4. The van der Waals surface area contributed by atoms with E-state index < -0.39 is 23.0 Å². The maximum absolute atomic E-state index is 12.9. The molecule has 3 aromatic carbocycles. The first-order valence-electron chi connectivity index (χ1n) is 10.6. The summed E-state index contributed by atoms with van der Waals surface area (Å²) in [6.45, 7) is 3.99. The molecule has 0 fully saturated rings. The van der Waals surface area contributed by atoms with E-state index in [-0.39, 0.29) is 31.8 Å². The summed E-state index contributed by atoms with van der Waals surface area (Å²) in [5, 5.41) is 13.9. The Labute approximate surface area is 232 Å². The molecule has 2 amide bonds. The molecule has 0 unspecified atom stereocenters. The molecule has 11 heteroatoms. The molecule has 0 bridgehead atoms. The van der Waals surface area contributed by atoms with Crippen molar-refractivity contribution in [1.29, 1.82) is 0 Å². The number of thioether (sulfide) groups is 1. The van der Waals surface area contributed by atoms with E-state index in [0.717, 1.165) is 28.1 Å². The van der Waals surface area contributed by atoms with Gasteiger partial charge in [-0.15, -0.1) is 11.8 Å². The maximum atomic E-state index is 12.9. The number of para-hydroxylation sites is 1. The number of carbonyl (C=O) groups excluding carboxylic acids is 2. The van der Waals surface area contributed by atoms with E-state index in [2.05, 4.69) is 10.6 Å². The van der Waals surface area contributed by atoms with Crippen LogP contribution in [-0.4, -0.2) is 28.6 Å². The molecule has 188 valence electrons. The third-order valence-electron chi connectivity index (χ3n) is 5.19. The number of amides is 2. The van der Waals surface area contributed by atoms with Crippen LogP contribution in [0, 0.1) is 6.92 Å². The van der Waals surface area contributed by atoms with Gasteiger partial charge >= 0.3 is 5.97 Å². The fraction of sp³-hybridized carbons (Fsp3) is 0.160. The number of aryl methyl sites for hydroxylation is 2. The lowest BCUT2D eigenvalue weighted by molar-refractivity contribution is -0.113. The fourth-order valence-electron chi connectivity index (χ4n) is 3.40. The molecule has 3 aromatic rings. The standard InChI is InChI=1S/C25H20Cl4N2O4S/c1-3-13-6-4-5-12(2)23(13)31-16(32)11-36-15-9-7-14(8-10-15)30-24(33)17-18(25(34)35)20(27)22(29)21(28)19(17)26/h4-10H,3,11H2,1-2H3,(H,30,33)(H,31,32)(H,34,35). The summed E-state index contributed by atoms with van der Waals surface area (Å²) in [7, 11) is 0. The van der Waals surface area contributed by atoms with Gasteiger partial charge in [-0.25, -0.2) is 4.79 Å². The molecule has 6 nitrogen and oxygen atoms in total. The summed E-state index contributed by atoms with van der Waals surface area (Å²) in [5.74, 6) is -2.23. The predicted molar refractivity (Wildman–Crippen MR) is 148 cm³/mol. The number of nitrogens with one attached hydrogen (secondary N) is 2. The van der Waals surface area contributed by atoms with Gasteiger partial charge in [0, 0.05) is 16.3 Å². The number of benzene rings is 3. The first-order chi connectivity index (χ1) is 17.0. The smallest absolute Gasteiger partial charge is 0.338 e. The Hall–Kier alpha value is -2.42. The van der Waals surface area contributed by atoms with Gasteiger partial charge in [0.2, 0.25) is 5.91 Å². The molecule has 0 aliphatic heterocycles. The zero-order valence-corrected chi connectivity index (χ0v) is 22.9. The van der Waals surface area contributed by atoms with E-state index in [1.807, 2.05) is 32.0 Å². The van der Waals surface area contributed by atoms with Crippen molar-refractivity contribution in [2.24, 2.45) is 0 Å². The lowest BCUT2D eigenvalue weighted by Gasteiger charge is -2.14. The van der Waals surface area contributed by atoms with Crippen molar-refractivity contribution in [2.45, 2.75) is 25.2 Å². The lowest BCUT2D eigenvalue weighted by Crippen LogP contribution is -2.18. The van der Waals surface area contributed by atoms with E-state index >= 15 is 0 Å². The highest BCUT2D eigenvalue weighted by Crippen LogP contribution is 2.41. The summed E-state index contributed by atoms with van der Waals surface area (Å²) in [6.07, 6.45) is 0.811. The Morgan fingerprint density at radius 3 is 2.06 bits per heavy atom. The van der Waals surface area contributed by atoms with Gasteiger partial charge in [0.1, 0.15) is 0 Å². The van der Waals surface area contributed by atoms with E-state index in [1.165, 1.54) is 11.8 Å². The van der Waals surface area contributed by atoms with Gasteiger partial charge in [0.15, 0.2) is 0 Å². The van der Waals surface area contributed by atoms with Crippen molar-refractivity contribution in [2.75, 3.05) is 16.4 Å². The van der Waals surface area contributed by atoms with Gasteiger partial charge in [0.25, 0.3) is 5.91 Å². The molecule has 0 aromatic heterocycles. The topological polar surface area (TPSA) is 95.5 Å². The quantitative estimate of drug-likeness (QED) is 0.142. The summed E-state index contributed by atoms with van der Waals surface area (Å²) in [6, 6.07) is 12.6. The van der Waals surface area contributed by atoms with Crippen LogP contribution in [0.15, 0.2) is 47.4 Å². The highest BCUT2D eigenvalue weighted by molar-refractivity contribution is 8.00. The number of aromatic carboxylic acids is 1. The van der Waals surface area contributed by atoms with E-state index in [4.69, 9.17) is 46.4 Å². The fourth-order valence-corrected chi connectivity index (χ4v) is 5.12. The third kappa shape index (κ3) is 6.28. The van der Waals surface area contributed by atoms with Gasteiger partial charge < -0.3 is 15.7 Å². The van der Waals surface area contributed by atoms with Gasteiger partial charge in [-0.05, 0) is 48.7 Å². The van der Waals surface area contributed by atoms with Gasteiger partial charge in [-0.3, -0.25) is 9.59 Å². The average molecular weight is 586 g/mol. The van der Waals surface area contributed by atoms with Crippen molar-refractivity contribution in [3.05, 3.63) is 84.8 Å². The lowest BCUT2D eigenvalue weighted by atomic mass is 10.1. The van der Waals surface area contributed by atoms with Crippen LogP contribution in [0.4, 0.5) is 11.4 Å². The van der Waals surface area contributed by atoms with Crippen LogP contribution in [0.2, 0.25) is 20.1 Å². The monoisotopic (exact) mass is 584 g/mol. The number of hydrogen-bond donors (Lipinski definition) is 3. The molecule has 0 spiro atoms. The van der Waals surface area contributed by atoms with E-state index in [1.54, 1.807) is 24.3 Å². The largest absolute Gasteiger partial charge is 0.478 e. The second kappa shape index (κ2) is 12.2. The first-order valence-corrected chi connectivity index (χ1v) is 13.1. The average Bonchev–Trinajstić information content (AvgIpc) is 2.85. The predicted octanol–water partition coefficient (Wildman–Crippen LogP) is 7.85. The summed E-state index contributed by atoms with van der Waals surface area (Å²) in [4.78, 5) is 37.8. The maximum Gasteiger partial charge on any atom is 0.338 e. The normalized spacial score (nSPS) is 10.7. The minimum atomic E-state index is -1.48. The molecule has 0 atom stereocenters. The molecule has 0 radical (unpaired) electrons. The highest BCUT2D eigenvalue weighted by atomic mass is 35.5. The van der Waals surface area contributed by atoms with Crippen LogP contribution >= 0.6 is 58.2 Å². The Morgan fingerprint density at radius 2 is 1.47 bits per heavy atom. The number of carbonyl (C=O) groups is 3. The molecule has 3 rings (SSSR count). The Kier molecular flexibility index (Phi) is 9.55. The van der Waals surface area contributed by atoms with Crippen molar-refractivity contribution in [1.82, 2.24) is 0 Å². The third-order valence-corrected chi connectivity index (χ3v) is 8.01. The van der Waals surface area contributed by atoms with Crippen LogP contribution in [-0.2, 0) is 11.2 Å². The number of anilines is 2. The molecule has 0 aliphatic carbocycles. The van der Waals surface area contributed by atoms with Crippen LogP contribution in [0.3, 0.4) is 0 Å². The minimum Gasteiger partial charge on any atom is -0.478 e.